The van der Waals surface area contributed by atoms with Crippen LogP contribution >= 0.6 is 0 Å². The second kappa shape index (κ2) is 3.21. The summed E-state index contributed by atoms with van der Waals surface area (Å²) in [4.78, 5) is 13.1. The SMILES string of the molecule is Cc1c(N)cccc1N1CCNC1=O. The summed E-state index contributed by atoms with van der Waals surface area (Å²) in [5.74, 6) is 0. The average molecular weight is 191 g/mol. The highest BCUT2D eigenvalue weighted by Crippen LogP contribution is 2.25. The summed E-state index contributed by atoms with van der Waals surface area (Å²) >= 11 is 0. The van der Waals surface area contributed by atoms with Crippen molar-refractivity contribution in [2.75, 3.05) is 23.7 Å². The monoisotopic (exact) mass is 191 g/mol. The highest BCUT2D eigenvalue weighted by Gasteiger charge is 2.22. The molecule has 0 spiro atoms. The molecule has 0 aliphatic carbocycles. The maximum atomic E-state index is 11.4. The van der Waals surface area contributed by atoms with Crippen LogP contribution < -0.4 is 16.0 Å². The van der Waals surface area contributed by atoms with E-state index in [2.05, 4.69) is 5.32 Å². The molecule has 2 amide bonds. The highest BCUT2D eigenvalue weighted by atomic mass is 16.2. The summed E-state index contributed by atoms with van der Waals surface area (Å²) in [6.45, 7) is 3.34. The minimum Gasteiger partial charge on any atom is -0.398 e. The zero-order chi connectivity index (χ0) is 10.1. The van der Waals surface area contributed by atoms with E-state index in [4.69, 9.17) is 5.73 Å². The third kappa shape index (κ3) is 1.28. The fourth-order valence-electron chi connectivity index (χ4n) is 1.63. The molecule has 14 heavy (non-hydrogen) atoms. The predicted octanol–water partition coefficient (Wildman–Crippen LogP) is 1.11. The Kier molecular flexibility index (Phi) is 2.04. The zero-order valence-corrected chi connectivity index (χ0v) is 8.08. The Morgan fingerprint density at radius 3 is 2.93 bits per heavy atom. The molecule has 4 heteroatoms. The second-order valence-corrected chi connectivity index (χ2v) is 3.37. The third-order valence-corrected chi connectivity index (χ3v) is 2.49. The van der Waals surface area contributed by atoms with E-state index in [0.717, 1.165) is 16.9 Å². The van der Waals surface area contributed by atoms with Gasteiger partial charge in [0.1, 0.15) is 0 Å². The van der Waals surface area contributed by atoms with Gasteiger partial charge in [-0.05, 0) is 24.6 Å². The van der Waals surface area contributed by atoms with Gasteiger partial charge in [-0.25, -0.2) is 4.79 Å². The van der Waals surface area contributed by atoms with Crippen LogP contribution in [0.4, 0.5) is 16.2 Å². The summed E-state index contributed by atoms with van der Waals surface area (Å²) in [6, 6.07) is 5.57. The summed E-state index contributed by atoms with van der Waals surface area (Å²) < 4.78 is 0. The van der Waals surface area contributed by atoms with Crippen molar-refractivity contribution in [3.63, 3.8) is 0 Å². The predicted molar refractivity (Wildman–Crippen MR) is 56.3 cm³/mol. The molecule has 1 aliphatic rings. The Morgan fingerprint density at radius 1 is 1.50 bits per heavy atom. The van der Waals surface area contributed by atoms with E-state index in [1.807, 2.05) is 25.1 Å². The number of anilines is 2. The average Bonchev–Trinajstić information content (AvgIpc) is 2.57. The van der Waals surface area contributed by atoms with Crippen LogP contribution in [0.5, 0.6) is 0 Å². The molecule has 2 rings (SSSR count). The van der Waals surface area contributed by atoms with Gasteiger partial charge in [-0.1, -0.05) is 6.07 Å². The van der Waals surface area contributed by atoms with E-state index in [1.165, 1.54) is 0 Å². The van der Waals surface area contributed by atoms with Gasteiger partial charge in [-0.3, -0.25) is 4.90 Å². The van der Waals surface area contributed by atoms with Gasteiger partial charge in [0.2, 0.25) is 0 Å². The lowest BCUT2D eigenvalue weighted by molar-refractivity contribution is 0.252. The van der Waals surface area contributed by atoms with Crippen molar-refractivity contribution in [1.29, 1.82) is 0 Å². The van der Waals surface area contributed by atoms with Crippen LogP contribution in [0, 0.1) is 6.92 Å². The Labute approximate surface area is 82.7 Å². The minimum absolute atomic E-state index is 0.0429. The molecule has 3 N–H and O–H groups in total. The number of carbonyl (C=O) groups is 1. The minimum atomic E-state index is -0.0429. The van der Waals surface area contributed by atoms with Crippen LogP contribution in [0.25, 0.3) is 0 Å². The number of nitrogens with zero attached hydrogens (tertiary/aromatic N) is 1. The molecule has 0 saturated carbocycles. The normalized spacial score (nSPS) is 15.8. The molecule has 0 unspecified atom stereocenters. The lowest BCUT2D eigenvalue weighted by Gasteiger charge is -2.17. The van der Waals surface area contributed by atoms with Crippen LogP contribution in [0.1, 0.15) is 5.56 Å². The van der Waals surface area contributed by atoms with E-state index in [-0.39, 0.29) is 6.03 Å². The molecule has 1 saturated heterocycles. The van der Waals surface area contributed by atoms with Crippen LogP contribution in [0.3, 0.4) is 0 Å². The number of benzene rings is 1. The Bertz CT molecular complexity index is 376. The summed E-state index contributed by atoms with van der Waals surface area (Å²) in [6.07, 6.45) is 0. The fraction of sp³-hybridized carbons (Fsp3) is 0.300. The largest absolute Gasteiger partial charge is 0.398 e. The maximum absolute atomic E-state index is 11.4. The molecule has 0 aromatic heterocycles. The van der Waals surface area contributed by atoms with Gasteiger partial charge < -0.3 is 11.1 Å². The standard InChI is InChI=1S/C10H13N3O/c1-7-8(11)3-2-4-9(7)13-6-5-12-10(13)14/h2-4H,5-6,11H2,1H3,(H,12,14). The van der Waals surface area contributed by atoms with Gasteiger partial charge in [0.05, 0.1) is 5.69 Å². The van der Waals surface area contributed by atoms with E-state index < -0.39 is 0 Å². The quantitative estimate of drug-likeness (QED) is 0.653. The first kappa shape index (κ1) is 8.87. The molecule has 74 valence electrons. The van der Waals surface area contributed by atoms with Gasteiger partial charge in [0.15, 0.2) is 0 Å². The van der Waals surface area contributed by atoms with Crippen LogP contribution in [-0.4, -0.2) is 19.1 Å². The van der Waals surface area contributed by atoms with Crippen molar-refractivity contribution in [1.82, 2.24) is 5.32 Å². The van der Waals surface area contributed by atoms with E-state index in [9.17, 15) is 4.79 Å². The lowest BCUT2D eigenvalue weighted by Crippen LogP contribution is -2.28. The number of amides is 2. The smallest absolute Gasteiger partial charge is 0.322 e. The number of carbonyl (C=O) groups excluding carboxylic acids is 1. The molecule has 1 heterocycles. The molecule has 0 atom stereocenters. The Morgan fingerprint density at radius 2 is 2.29 bits per heavy atom. The number of urea groups is 1. The molecule has 1 fully saturated rings. The van der Waals surface area contributed by atoms with Gasteiger partial charge in [-0.15, -0.1) is 0 Å². The highest BCUT2D eigenvalue weighted by molar-refractivity contribution is 5.95. The van der Waals surface area contributed by atoms with Crippen molar-refractivity contribution in [3.05, 3.63) is 23.8 Å². The molecule has 1 aromatic rings. The number of nitrogen functional groups attached to an aromatic ring is 1. The van der Waals surface area contributed by atoms with Crippen molar-refractivity contribution in [3.8, 4) is 0 Å². The van der Waals surface area contributed by atoms with Crippen LogP contribution in [0.2, 0.25) is 0 Å². The van der Waals surface area contributed by atoms with Crippen molar-refractivity contribution < 1.29 is 4.79 Å². The molecule has 0 radical (unpaired) electrons. The maximum Gasteiger partial charge on any atom is 0.322 e. The number of hydrogen-bond donors (Lipinski definition) is 2. The number of nitrogens with two attached hydrogens (primary N) is 1. The molecule has 4 nitrogen and oxygen atoms in total. The topological polar surface area (TPSA) is 58.4 Å². The molecule has 1 aliphatic heterocycles. The molecular formula is C10H13N3O. The van der Waals surface area contributed by atoms with Gasteiger partial charge in [-0.2, -0.15) is 0 Å². The summed E-state index contributed by atoms with van der Waals surface area (Å²) in [7, 11) is 0. The molecule has 1 aromatic carbocycles. The lowest BCUT2D eigenvalue weighted by atomic mass is 10.1. The second-order valence-electron chi connectivity index (χ2n) is 3.37. The van der Waals surface area contributed by atoms with Gasteiger partial charge in [0, 0.05) is 18.8 Å². The van der Waals surface area contributed by atoms with Crippen LogP contribution in [-0.2, 0) is 0 Å². The first-order chi connectivity index (χ1) is 6.70. The van der Waals surface area contributed by atoms with Crippen molar-refractivity contribution in [2.24, 2.45) is 0 Å². The summed E-state index contributed by atoms with van der Waals surface area (Å²) in [5, 5.41) is 2.76. The van der Waals surface area contributed by atoms with E-state index in [1.54, 1.807) is 4.90 Å². The third-order valence-electron chi connectivity index (χ3n) is 2.49. The fourth-order valence-corrected chi connectivity index (χ4v) is 1.63. The van der Waals surface area contributed by atoms with Gasteiger partial charge >= 0.3 is 6.03 Å². The number of nitrogens with one attached hydrogen (secondary N) is 1. The van der Waals surface area contributed by atoms with Crippen LogP contribution in [0.15, 0.2) is 18.2 Å². The van der Waals surface area contributed by atoms with Crippen molar-refractivity contribution >= 4 is 17.4 Å². The number of rotatable bonds is 1. The van der Waals surface area contributed by atoms with E-state index >= 15 is 0 Å². The van der Waals surface area contributed by atoms with Gasteiger partial charge in [0.25, 0.3) is 0 Å². The zero-order valence-electron chi connectivity index (χ0n) is 8.08. The van der Waals surface area contributed by atoms with Crippen molar-refractivity contribution in [2.45, 2.75) is 6.92 Å². The molecule has 0 bridgehead atoms. The first-order valence-electron chi connectivity index (χ1n) is 4.60. The Balaban J connectivity index is 2.41. The molecular weight excluding hydrogens is 178 g/mol. The first-order valence-corrected chi connectivity index (χ1v) is 4.60. The van der Waals surface area contributed by atoms with E-state index in [0.29, 0.717) is 13.1 Å². The Hall–Kier alpha value is -1.71. The summed E-state index contributed by atoms with van der Waals surface area (Å²) in [5.41, 5.74) is 8.36. The number of hydrogen-bond acceptors (Lipinski definition) is 2.